The maximum Gasteiger partial charge on any atom is 0.274 e. The van der Waals surface area contributed by atoms with Crippen molar-refractivity contribution < 1.29 is 9.59 Å². The molecule has 2 amide bonds. The third-order valence-corrected chi connectivity index (χ3v) is 4.81. The Kier molecular flexibility index (Phi) is 3.47. The lowest BCUT2D eigenvalue weighted by Crippen LogP contribution is -2.44. The standard InChI is InChI=1S/C15H22N4O2/c1-3-19-11(2)8-12(17-19)14(21)18-6-4-15(5-7-18)9-13(20)16-10-15/h8H,3-7,9-10H2,1-2H3,(H,16,20). The molecule has 3 rings (SSSR count). The Balaban J connectivity index is 1.66. The Morgan fingerprint density at radius 3 is 2.67 bits per heavy atom. The molecule has 0 unspecified atom stereocenters. The van der Waals surface area contributed by atoms with Gasteiger partial charge in [0.2, 0.25) is 5.91 Å². The zero-order chi connectivity index (χ0) is 15.0. The molecule has 2 aliphatic heterocycles. The summed E-state index contributed by atoms with van der Waals surface area (Å²) in [7, 11) is 0. The number of likely N-dealkylation sites (tertiary alicyclic amines) is 1. The molecule has 0 atom stereocenters. The first-order valence-electron chi connectivity index (χ1n) is 7.63. The Morgan fingerprint density at radius 1 is 1.43 bits per heavy atom. The monoisotopic (exact) mass is 290 g/mol. The van der Waals surface area contributed by atoms with E-state index < -0.39 is 0 Å². The zero-order valence-corrected chi connectivity index (χ0v) is 12.7. The summed E-state index contributed by atoms with van der Waals surface area (Å²) in [6, 6.07) is 1.86. The molecular weight excluding hydrogens is 268 g/mol. The van der Waals surface area contributed by atoms with E-state index >= 15 is 0 Å². The molecule has 1 spiro atoms. The van der Waals surface area contributed by atoms with E-state index in [0.29, 0.717) is 25.2 Å². The van der Waals surface area contributed by atoms with Gasteiger partial charge in [0.25, 0.3) is 5.91 Å². The Bertz CT molecular complexity index is 570. The van der Waals surface area contributed by atoms with Crippen molar-refractivity contribution in [3.63, 3.8) is 0 Å². The van der Waals surface area contributed by atoms with E-state index in [1.54, 1.807) is 0 Å². The van der Waals surface area contributed by atoms with Crippen LogP contribution in [0.5, 0.6) is 0 Å². The number of piperidine rings is 1. The van der Waals surface area contributed by atoms with Crippen molar-refractivity contribution in [2.45, 2.75) is 39.7 Å². The fraction of sp³-hybridized carbons (Fsp3) is 0.667. The van der Waals surface area contributed by atoms with Crippen molar-refractivity contribution >= 4 is 11.8 Å². The predicted octanol–water partition coefficient (Wildman–Crippen LogP) is 0.954. The molecule has 21 heavy (non-hydrogen) atoms. The molecule has 2 saturated heterocycles. The lowest BCUT2D eigenvalue weighted by atomic mass is 9.77. The van der Waals surface area contributed by atoms with Crippen LogP contribution >= 0.6 is 0 Å². The topological polar surface area (TPSA) is 67.2 Å². The molecular formula is C15H22N4O2. The van der Waals surface area contributed by atoms with Crippen molar-refractivity contribution in [1.29, 1.82) is 0 Å². The minimum atomic E-state index is 0.0115. The summed E-state index contributed by atoms with van der Waals surface area (Å²) in [4.78, 5) is 25.8. The minimum Gasteiger partial charge on any atom is -0.356 e. The quantitative estimate of drug-likeness (QED) is 0.882. The van der Waals surface area contributed by atoms with Crippen LogP contribution in [0.2, 0.25) is 0 Å². The van der Waals surface area contributed by atoms with Gasteiger partial charge in [-0.1, -0.05) is 0 Å². The molecule has 0 radical (unpaired) electrons. The van der Waals surface area contributed by atoms with Crippen molar-refractivity contribution in [2.75, 3.05) is 19.6 Å². The summed E-state index contributed by atoms with van der Waals surface area (Å²) in [5, 5.41) is 7.28. The summed E-state index contributed by atoms with van der Waals surface area (Å²) in [6.45, 7) is 6.95. The van der Waals surface area contributed by atoms with Crippen molar-refractivity contribution in [2.24, 2.45) is 5.41 Å². The van der Waals surface area contributed by atoms with E-state index in [0.717, 1.165) is 31.6 Å². The fourth-order valence-electron chi connectivity index (χ4n) is 3.39. The fourth-order valence-corrected chi connectivity index (χ4v) is 3.39. The van der Waals surface area contributed by atoms with Crippen LogP contribution < -0.4 is 5.32 Å². The molecule has 2 aliphatic rings. The second kappa shape index (κ2) is 5.16. The van der Waals surface area contributed by atoms with Gasteiger partial charge in [0, 0.05) is 38.3 Å². The van der Waals surface area contributed by atoms with E-state index in [4.69, 9.17) is 0 Å². The van der Waals surface area contributed by atoms with Crippen LogP contribution in [0, 0.1) is 12.3 Å². The summed E-state index contributed by atoms with van der Waals surface area (Å²) < 4.78 is 1.85. The molecule has 2 fully saturated rings. The largest absolute Gasteiger partial charge is 0.356 e. The Hall–Kier alpha value is -1.85. The van der Waals surface area contributed by atoms with E-state index in [9.17, 15) is 9.59 Å². The van der Waals surface area contributed by atoms with Gasteiger partial charge in [0.05, 0.1) is 0 Å². The van der Waals surface area contributed by atoms with Crippen molar-refractivity contribution in [1.82, 2.24) is 20.0 Å². The zero-order valence-electron chi connectivity index (χ0n) is 12.7. The third-order valence-electron chi connectivity index (χ3n) is 4.81. The third kappa shape index (κ3) is 2.54. The van der Waals surface area contributed by atoms with Gasteiger partial charge in [-0.2, -0.15) is 5.10 Å². The van der Waals surface area contributed by atoms with Gasteiger partial charge in [-0.05, 0) is 38.2 Å². The second-order valence-electron chi connectivity index (χ2n) is 6.23. The molecule has 6 nitrogen and oxygen atoms in total. The summed E-state index contributed by atoms with van der Waals surface area (Å²) in [5.74, 6) is 0.157. The van der Waals surface area contributed by atoms with Crippen molar-refractivity contribution in [3.05, 3.63) is 17.5 Å². The van der Waals surface area contributed by atoms with Crippen LogP contribution in [0.15, 0.2) is 6.07 Å². The van der Waals surface area contributed by atoms with Gasteiger partial charge in [-0.25, -0.2) is 0 Å². The van der Waals surface area contributed by atoms with Gasteiger partial charge in [0.1, 0.15) is 0 Å². The van der Waals surface area contributed by atoms with E-state index in [-0.39, 0.29) is 17.2 Å². The molecule has 0 bridgehead atoms. The van der Waals surface area contributed by atoms with Crippen LogP contribution in [0.1, 0.15) is 42.4 Å². The first-order chi connectivity index (χ1) is 10.0. The molecule has 3 heterocycles. The van der Waals surface area contributed by atoms with E-state index in [1.807, 2.05) is 29.5 Å². The first-order valence-corrected chi connectivity index (χ1v) is 7.63. The van der Waals surface area contributed by atoms with Crippen LogP contribution in [0.4, 0.5) is 0 Å². The summed E-state index contributed by atoms with van der Waals surface area (Å²) >= 11 is 0. The van der Waals surface area contributed by atoms with E-state index in [2.05, 4.69) is 10.4 Å². The van der Waals surface area contributed by atoms with Gasteiger partial charge >= 0.3 is 0 Å². The lowest BCUT2D eigenvalue weighted by Gasteiger charge is -2.37. The second-order valence-corrected chi connectivity index (χ2v) is 6.23. The van der Waals surface area contributed by atoms with Crippen LogP contribution in [-0.2, 0) is 11.3 Å². The SMILES string of the molecule is CCn1nc(C(=O)N2CCC3(CC2)CNC(=O)C3)cc1C. The molecule has 114 valence electrons. The Morgan fingerprint density at radius 2 is 2.14 bits per heavy atom. The number of nitrogens with zero attached hydrogens (tertiary/aromatic N) is 3. The number of aromatic nitrogens is 2. The lowest BCUT2D eigenvalue weighted by molar-refractivity contribution is -0.119. The number of hydrogen-bond acceptors (Lipinski definition) is 3. The number of carbonyl (C=O) groups excluding carboxylic acids is 2. The highest BCUT2D eigenvalue weighted by atomic mass is 16.2. The van der Waals surface area contributed by atoms with Gasteiger partial charge in [-0.15, -0.1) is 0 Å². The average Bonchev–Trinajstić information content (AvgIpc) is 3.03. The smallest absolute Gasteiger partial charge is 0.274 e. The minimum absolute atomic E-state index is 0.0115. The number of hydrogen-bond donors (Lipinski definition) is 1. The van der Waals surface area contributed by atoms with Gasteiger partial charge < -0.3 is 10.2 Å². The number of nitrogens with one attached hydrogen (secondary N) is 1. The maximum absolute atomic E-state index is 12.5. The molecule has 0 saturated carbocycles. The maximum atomic E-state index is 12.5. The normalized spacial score (nSPS) is 20.9. The average molecular weight is 290 g/mol. The predicted molar refractivity (Wildman–Crippen MR) is 77.8 cm³/mol. The number of amides is 2. The highest BCUT2D eigenvalue weighted by Crippen LogP contribution is 2.37. The van der Waals surface area contributed by atoms with Crippen LogP contribution in [-0.4, -0.2) is 46.1 Å². The molecule has 1 aromatic heterocycles. The molecule has 0 aliphatic carbocycles. The molecule has 1 aromatic rings. The Labute approximate surface area is 124 Å². The van der Waals surface area contributed by atoms with Gasteiger partial charge in [-0.3, -0.25) is 14.3 Å². The molecule has 1 N–H and O–H groups in total. The summed E-state index contributed by atoms with van der Waals surface area (Å²) in [5.41, 5.74) is 1.62. The van der Waals surface area contributed by atoms with E-state index in [1.165, 1.54) is 0 Å². The number of rotatable bonds is 2. The highest BCUT2D eigenvalue weighted by Gasteiger charge is 2.41. The van der Waals surface area contributed by atoms with Crippen LogP contribution in [0.25, 0.3) is 0 Å². The summed E-state index contributed by atoms with van der Waals surface area (Å²) in [6.07, 6.45) is 2.40. The molecule has 6 heteroatoms. The van der Waals surface area contributed by atoms with Gasteiger partial charge in [0.15, 0.2) is 5.69 Å². The van der Waals surface area contributed by atoms with Crippen molar-refractivity contribution in [3.8, 4) is 0 Å². The number of aryl methyl sites for hydroxylation is 2. The highest BCUT2D eigenvalue weighted by molar-refractivity contribution is 5.92. The van der Waals surface area contributed by atoms with Crippen LogP contribution in [0.3, 0.4) is 0 Å². The molecule has 0 aromatic carbocycles. The first kappa shape index (κ1) is 14.1. The number of carbonyl (C=O) groups is 2.